The summed E-state index contributed by atoms with van der Waals surface area (Å²) >= 11 is 0. The molecule has 2 rings (SSSR count). The van der Waals surface area contributed by atoms with Gasteiger partial charge in [0.15, 0.2) is 0 Å². The number of nitrogens with two attached hydrogens (primary N) is 1. The first-order valence-electron chi connectivity index (χ1n) is 7.72. The van der Waals surface area contributed by atoms with Gasteiger partial charge in [0.2, 0.25) is 0 Å². The quantitative estimate of drug-likeness (QED) is 0.898. The zero-order valence-corrected chi connectivity index (χ0v) is 13.1. The van der Waals surface area contributed by atoms with Gasteiger partial charge in [-0.25, -0.2) is 0 Å². The Labute approximate surface area is 123 Å². The number of ether oxygens (including phenoxy) is 1. The number of hydrogen-bond acceptors (Lipinski definition) is 3. The van der Waals surface area contributed by atoms with E-state index in [-0.39, 0.29) is 0 Å². The fourth-order valence-electron chi connectivity index (χ4n) is 3.04. The van der Waals surface area contributed by atoms with Crippen molar-refractivity contribution in [2.45, 2.75) is 27.2 Å². The average molecular weight is 276 g/mol. The standard InChI is InChI=1S/C17H28N2O/c1-13-8-14(2)10-17(9-13)20-7-6-19-5-4-15(3)16(11-18)12-19/h8-10,15-16H,4-7,11-12,18H2,1-3H3. The third-order valence-electron chi connectivity index (χ3n) is 4.37. The third kappa shape index (κ3) is 4.22. The van der Waals surface area contributed by atoms with Gasteiger partial charge in [-0.2, -0.15) is 0 Å². The lowest BCUT2D eigenvalue weighted by Gasteiger charge is -2.36. The zero-order chi connectivity index (χ0) is 14.5. The molecule has 0 radical (unpaired) electrons. The van der Waals surface area contributed by atoms with Crippen molar-refractivity contribution in [1.29, 1.82) is 0 Å². The lowest BCUT2D eigenvalue weighted by molar-refractivity contribution is 0.114. The van der Waals surface area contributed by atoms with Crippen molar-refractivity contribution in [3.05, 3.63) is 29.3 Å². The third-order valence-corrected chi connectivity index (χ3v) is 4.37. The highest BCUT2D eigenvalue weighted by Gasteiger charge is 2.24. The van der Waals surface area contributed by atoms with Crippen LogP contribution in [0.4, 0.5) is 0 Å². The molecule has 0 saturated carbocycles. The highest BCUT2D eigenvalue weighted by molar-refractivity contribution is 5.32. The molecule has 1 saturated heterocycles. The van der Waals surface area contributed by atoms with E-state index in [1.165, 1.54) is 24.1 Å². The molecule has 0 amide bonds. The number of likely N-dealkylation sites (tertiary alicyclic amines) is 1. The second kappa shape index (κ2) is 7.09. The normalized spacial score (nSPS) is 23.8. The predicted molar refractivity (Wildman–Crippen MR) is 84.2 cm³/mol. The van der Waals surface area contributed by atoms with Crippen LogP contribution in [0.1, 0.15) is 24.5 Å². The van der Waals surface area contributed by atoms with Crippen molar-refractivity contribution < 1.29 is 4.74 Å². The molecule has 112 valence electrons. The molecule has 1 aliphatic heterocycles. The van der Waals surface area contributed by atoms with Gasteiger partial charge in [0.25, 0.3) is 0 Å². The van der Waals surface area contributed by atoms with Gasteiger partial charge in [0.05, 0.1) is 0 Å². The topological polar surface area (TPSA) is 38.5 Å². The lowest BCUT2D eigenvalue weighted by atomic mass is 9.87. The van der Waals surface area contributed by atoms with E-state index in [1.54, 1.807) is 0 Å². The minimum atomic E-state index is 0.643. The molecule has 0 spiro atoms. The number of benzene rings is 1. The summed E-state index contributed by atoms with van der Waals surface area (Å²) in [5.74, 6) is 2.39. The Morgan fingerprint density at radius 3 is 2.60 bits per heavy atom. The Morgan fingerprint density at radius 2 is 1.95 bits per heavy atom. The Bertz CT molecular complexity index is 413. The van der Waals surface area contributed by atoms with Crippen LogP contribution in [-0.2, 0) is 0 Å². The van der Waals surface area contributed by atoms with Gasteiger partial charge in [0.1, 0.15) is 12.4 Å². The van der Waals surface area contributed by atoms with E-state index in [9.17, 15) is 0 Å². The van der Waals surface area contributed by atoms with Crippen LogP contribution in [0.5, 0.6) is 5.75 Å². The molecule has 2 N–H and O–H groups in total. The highest BCUT2D eigenvalue weighted by atomic mass is 16.5. The maximum atomic E-state index is 5.89. The molecule has 3 heteroatoms. The molecule has 3 nitrogen and oxygen atoms in total. The second-order valence-corrected chi connectivity index (χ2v) is 6.23. The summed E-state index contributed by atoms with van der Waals surface area (Å²) in [6, 6.07) is 6.38. The Hall–Kier alpha value is -1.06. The summed E-state index contributed by atoms with van der Waals surface area (Å²) in [5.41, 5.74) is 8.37. The van der Waals surface area contributed by atoms with E-state index in [0.717, 1.165) is 37.9 Å². The van der Waals surface area contributed by atoms with Crippen LogP contribution < -0.4 is 10.5 Å². The van der Waals surface area contributed by atoms with Gasteiger partial charge in [-0.3, -0.25) is 4.90 Å². The van der Waals surface area contributed by atoms with Gasteiger partial charge in [-0.15, -0.1) is 0 Å². The molecule has 1 fully saturated rings. The summed E-state index contributed by atoms with van der Waals surface area (Å²) < 4.78 is 5.89. The summed E-state index contributed by atoms with van der Waals surface area (Å²) in [5, 5.41) is 0. The van der Waals surface area contributed by atoms with Gasteiger partial charge in [0, 0.05) is 13.1 Å². The summed E-state index contributed by atoms with van der Waals surface area (Å²) in [7, 11) is 0. The average Bonchev–Trinajstić information content (AvgIpc) is 2.39. The van der Waals surface area contributed by atoms with Gasteiger partial charge < -0.3 is 10.5 Å². The molecule has 1 aliphatic rings. The number of piperidine rings is 1. The molecular formula is C17H28N2O. The smallest absolute Gasteiger partial charge is 0.119 e. The van der Waals surface area contributed by atoms with Crippen molar-refractivity contribution in [1.82, 2.24) is 4.90 Å². The van der Waals surface area contributed by atoms with Crippen molar-refractivity contribution in [3.8, 4) is 5.75 Å². The van der Waals surface area contributed by atoms with E-state index in [4.69, 9.17) is 10.5 Å². The molecule has 0 aliphatic carbocycles. The van der Waals surface area contributed by atoms with Gasteiger partial charge in [-0.1, -0.05) is 13.0 Å². The van der Waals surface area contributed by atoms with Crippen LogP contribution in [0.15, 0.2) is 18.2 Å². The summed E-state index contributed by atoms with van der Waals surface area (Å²) in [4.78, 5) is 2.49. The molecule has 1 aromatic carbocycles. The molecule has 0 bridgehead atoms. The maximum Gasteiger partial charge on any atom is 0.119 e. The summed E-state index contributed by atoms with van der Waals surface area (Å²) in [6.07, 6.45) is 1.26. The summed E-state index contributed by atoms with van der Waals surface area (Å²) in [6.45, 7) is 11.4. The van der Waals surface area contributed by atoms with Gasteiger partial charge >= 0.3 is 0 Å². The minimum Gasteiger partial charge on any atom is -0.492 e. The SMILES string of the molecule is Cc1cc(C)cc(OCCN2CCC(C)C(CN)C2)c1. The van der Waals surface area contributed by atoms with Crippen LogP contribution in [0.25, 0.3) is 0 Å². The first kappa shape index (κ1) is 15.3. The molecule has 2 unspecified atom stereocenters. The number of rotatable bonds is 5. The van der Waals surface area contributed by atoms with Crippen molar-refractivity contribution in [2.24, 2.45) is 17.6 Å². The van der Waals surface area contributed by atoms with Crippen molar-refractivity contribution in [3.63, 3.8) is 0 Å². The van der Waals surface area contributed by atoms with E-state index in [2.05, 4.69) is 43.9 Å². The lowest BCUT2D eigenvalue weighted by Crippen LogP contribution is -2.44. The fraction of sp³-hybridized carbons (Fsp3) is 0.647. The molecule has 0 aromatic heterocycles. The molecule has 20 heavy (non-hydrogen) atoms. The first-order chi connectivity index (χ1) is 9.58. The maximum absolute atomic E-state index is 5.89. The predicted octanol–water partition coefficient (Wildman–Crippen LogP) is 2.60. The van der Waals surface area contributed by atoms with Crippen molar-refractivity contribution in [2.75, 3.05) is 32.8 Å². The second-order valence-electron chi connectivity index (χ2n) is 6.23. The fourth-order valence-corrected chi connectivity index (χ4v) is 3.04. The van der Waals surface area contributed by atoms with Crippen LogP contribution in [0, 0.1) is 25.7 Å². The Kier molecular flexibility index (Phi) is 5.44. The molecule has 2 atom stereocenters. The number of aryl methyl sites for hydroxylation is 2. The Balaban J connectivity index is 1.78. The van der Waals surface area contributed by atoms with Crippen LogP contribution in [-0.4, -0.2) is 37.7 Å². The van der Waals surface area contributed by atoms with E-state index in [1.807, 2.05) is 0 Å². The largest absolute Gasteiger partial charge is 0.492 e. The van der Waals surface area contributed by atoms with Crippen molar-refractivity contribution >= 4 is 0 Å². The minimum absolute atomic E-state index is 0.643. The molecule has 1 heterocycles. The first-order valence-corrected chi connectivity index (χ1v) is 7.72. The number of hydrogen-bond donors (Lipinski definition) is 1. The van der Waals surface area contributed by atoms with Crippen LogP contribution in [0.3, 0.4) is 0 Å². The van der Waals surface area contributed by atoms with E-state index >= 15 is 0 Å². The molecule has 1 aromatic rings. The number of nitrogens with zero attached hydrogens (tertiary/aromatic N) is 1. The monoisotopic (exact) mass is 276 g/mol. The highest BCUT2D eigenvalue weighted by Crippen LogP contribution is 2.22. The Morgan fingerprint density at radius 1 is 1.25 bits per heavy atom. The van der Waals surface area contributed by atoms with E-state index in [0.29, 0.717) is 5.92 Å². The van der Waals surface area contributed by atoms with Crippen LogP contribution >= 0.6 is 0 Å². The van der Waals surface area contributed by atoms with Gasteiger partial charge in [-0.05, 0) is 68.5 Å². The molecular weight excluding hydrogens is 248 g/mol. The van der Waals surface area contributed by atoms with Crippen LogP contribution in [0.2, 0.25) is 0 Å². The van der Waals surface area contributed by atoms with E-state index < -0.39 is 0 Å². The zero-order valence-electron chi connectivity index (χ0n) is 13.1.